The summed E-state index contributed by atoms with van der Waals surface area (Å²) >= 11 is 0. The van der Waals surface area contributed by atoms with E-state index in [1.165, 1.54) is 0 Å². The van der Waals surface area contributed by atoms with E-state index < -0.39 is 12.1 Å². The largest absolute Gasteiger partial charge is 0.448 e. The second-order valence-electron chi connectivity index (χ2n) is 4.96. The maximum Gasteiger partial charge on any atom is 0.434 e. The van der Waals surface area contributed by atoms with E-state index in [1.54, 1.807) is 11.8 Å². The molecular formula is C13H24N2O4. The number of amides is 2. The molecule has 1 fully saturated rings. The Labute approximate surface area is 114 Å². The third-order valence-corrected chi connectivity index (χ3v) is 3.23. The fourth-order valence-electron chi connectivity index (χ4n) is 2.00. The number of rotatable bonds is 6. The summed E-state index contributed by atoms with van der Waals surface area (Å²) in [6.45, 7) is 5.04. The van der Waals surface area contributed by atoms with E-state index in [-0.39, 0.29) is 5.91 Å². The van der Waals surface area contributed by atoms with Gasteiger partial charge in [-0.3, -0.25) is 10.0 Å². The van der Waals surface area contributed by atoms with Crippen LogP contribution in [0.5, 0.6) is 0 Å². The Morgan fingerprint density at radius 3 is 2.89 bits per heavy atom. The Morgan fingerprint density at radius 2 is 2.26 bits per heavy atom. The number of unbranched alkanes of at least 4 members (excludes halogenated alkanes) is 1. The fourth-order valence-corrected chi connectivity index (χ4v) is 2.00. The van der Waals surface area contributed by atoms with Crippen molar-refractivity contribution in [2.75, 3.05) is 19.7 Å². The van der Waals surface area contributed by atoms with Gasteiger partial charge in [-0.2, -0.15) is 5.06 Å². The highest BCUT2D eigenvalue weighted by Crippen LogP contribution is 2.12. The first kappa shape index (κ1) is 15.8. The average molecular weight is 272 g/mol. The first-order valence-electron chi connectivity index (χ1n) is 6.99. The summed E-state index contributed by atoms with van der Waals surface area (Å²) in [5.74, 6) is 0.0888. The summed E-state index contributed by atoms with van der Waals surface area (Å²) < 4.78 is 4.91. The predicted molar refractivity (Wildman–Crippen MR) is 69.8 cm³/mol. The summed E-state index contributed by atoms with van der Waals surface area (Å²) in [6.07, 6.45) is 3.41. The molecule has 0 aliphatic carbocycles. The molecule has 0 radical (unpaired) electrons. The number of carbonyl (C=O) groups is 2. The number of piperidine rings is 1. The molecule has 0 aromatic rings. The molecular weight excluding hydrogens is 248 g/mol. The van der Waals surface area contributed by atoms with Crippen LogP contribution < -0.4 is 0 Å². The summed E-state index contributed by atoms with van der Waals surface area (Å²) in [5.41, 5.74) is 0. The predicted octanol–water partition coefficient (Wildman–Crippen LogP) is 2.02. The van der Waals surface area contributed by atoms with Gasteiger partial charge in [0.2, 0.25) is 5.91 Å². The van der Waals surface area contributed by atoms with Crippen molar-refractivity contribution in [1.29, 1.82) is 0 Å². The minimum atomic E-state index is -0.745. The van der Waals surface area contributed by atoms with Gasteiger partial charge >= 0.3 is 6.09 Å². The van der Waals surface area contributed by atoms with Crippen molar-refractivity contribution in [3.05, 3.63) is 0 Å². The summed E-state index contributed by atoms with van der Waals surface area (Å²) in [4.78, 5) is 24.9. The van der Waals surface area contributed by atoms with Gasteiger partial charge in [0.05, 0.1) is 12.6 Å². The van der Waals surface area contributed by atoms with Crippen LogP contribution in [0.4, 0.5) is 4.79 Å². The van der Waals surface area contributed by atoms with Crippen molar-refractivity contribution in [2.24, 2.45) is 0 Å². The van der Waals surface area contributed by atoms with Crippen LogP contribution in [0.1, 0.15) is 46.0 Å². The molecule has 0 aromatic heterocycles. The molecule has 6 heteroatoms. The number of likely N-dealkylation sites (tertiary alicyclic amines) is 1. The van der Waals surface area contributed by atoms with Gasteiger partial charge in [0.15, 0.2) is 0 Å². The zero-order chi connectivity index (χ0) is 14.3. The first-order valence-corrected chi connectivity index (χ1v) is 6.99. The van der Waals surface area contributed by atoms with Gasteiger partial charge in [-0.25, -0.2) is 4.79 Å². The van der Waals surface area contributed by atoms with Gasteiger partial charge in [-0.1, -0.05) is 13.3 Å². The third-order valence-electron chi connectivity index (χ3n) is 3.23. The quantitative estimate of drug-likeness (QED) is 0.456. The topological polar surface area (TPSA) is 70.1 Å². The minimum absolute atomic E-state index is 0.0888. The molecule has 1 saturated heterocycles. The smallest absolute Gasteiger partial charge is 0.434 e. The van der Waals surface area contributed by atoms with Crippen molar-refractivity contribution in [3.63, 3.8) is 0 Å². The molecule has 110 valence electrons. The van der Waals surface area contributed by atoms with E-state index in [0.29, 0.717) is 31.2 Å². The van der Waals surface area contributed by atoms with Gasteiger partial charge in [0, 0.05) is 19.5 Å². The number of hydrogen-bond donors (Lipinski definition) is 1. The lowest BCUT2D eigenvalue weighted by atomic mass is 10.1. The van der Waals surface area contributed by atoms with Crippen LogP contribution in [0.3, 0.4) is 0 Å². The first-order chi connectivity index (χ1) is 9.06. The van der Waals surface area contributed by atoms with Gasteiger partial charge in [0.25, 0.3) is 0 Å². The molecule has 2 amide bonds. The van der Waals surface area contributed by atoms with Crippen molar-refractivity contribution in [1.82, 2.24) is 9.96 Å². The van der Waals surface area contributed by atoms with Gasteiger partial charge in [-0.15, -0.1) is 0 Å². The van der Waals surface area contributed by atoms with E-state index in [2.05, 4.69) is 0 Å². The summed E-state index contributed by atoms with van der Waals surface area (Å²) in [5, 5.41) is 10.3. The Hall–Kier alpha value is -1.30. The SMILES string of the molecule is CCCCOC(=O)N(O)C(C)CN1CCCCC1=O. The molecule has 6 nitrogen and oxygen atoms in total. The zero-order valence-electron chi connectivity index (χ0n) is 11.8. The van der Waals surface area contributed by atoms with Gasteiger partial charge < -0.3 is 9.64 Å². The van der Waals surface area contributed by atoms with Gasteiger partial charge in [0.1, 0.15) is 0 Å². The van der Waals surface area contributed by atoms with Crippen molar-refractivity contribution in [2.45, 2.75) is 52.0 Å². The van der Waals surface area contributed by atoms with Crippen LogP contribution in [0.15, 0.2) is 0 Å². The maximum absolute atomic E-state index is 11.6. The van der Waals surface area contributed by atoms with Crippen LogP contribution in [0.2, 0.25) is 0 Å². The lowest BCUT2D eigenvalue weighted by molar-refractivity contribution is -0.139. The molecule has 0 aromatic carbocycles. The van der Waals surface area contributed by atoms with Gasteiger partial charge in [-0.05, 0) is 26.2 Å². The molecule has 1 aliphatic heterocycles. The molecule has 1 atom stereocenters. The van der Waals surface area contributed by atoms with E-state index in [9.17, 15) is 14.8 Å². The monoisotopic (exact) mass is 272 g/mol. The summed E-state index contributed by atoms with van der Waals surface area (Å²) in [7, 11) is 0. The fraction of sp³-hybridized carbons (Fsp3) is 0.846. The molecule has 0 spiro atoms. The van der Waals surface area contributed by atoms with E-state index in [4.69, 9.17) is 4.74 Å². The van der Waals surface area contributed by atoms with Crippen LogP contribution in [-0.4, -0.2) is 52.9 Å². The lowest BCUT2D eigenvalue weighted by Crippen LogP contribution is -2.47. The lowest BCUT2D eigenvalue weighted by Gasteiger charge is -2.31. The minimum Gasteiger partial charge on any atom is -0.448 e. The highest BCUT2D eigenvalue weighted by Gasteiger charge is 2.25. The number of hydroxylamine groups is 2. The third kappa shape index (κ3) is 5.06. The second-order valence-corrected chi connectivity index (χ2v) is 4.96. The van der Waals surface area contributed by atoms with Crippen LogP contribution in [-0.2, 0) is 9.53 Å². The van der Waals surface area contributed by atoms with Crippen molar-refractivity contribution >= 4 is 12.0 Å². The summed E-state index contributed by atoms with van der Waals surface area (Å²) in [6, 6.07) is -0.462. The van der Waals surface area contributed by atoms with Crippen LogP contribution in [0, 0.1) is 0 Å². The molecule has 1 heterocycles. The molecule has 0 bridgehead atoms. The van der Waals surface area contributed by atoms with E-state index in [0.717, 1.165) is 25.7 Å². The Morgan fingerprint density at radius 1 is 1.53 bits per heavy atom. The Bertz CT molecular complexity index is 309. The number of ether oxygens (including phenoxy) is 1. The molecule has 0 saturated carbocycles. The molecule has 1 aliphatic rings. The van der Waals surface area contributed by atoms with Crippen molar-refractivity contribution < 1.29 is 19.5 Å². The van der Waals surface area contributed by atoms with Crippen molar-refractivity contribution in [3.8, 4) is 0 Å². The van der Waals surface area contributed by atoms with E-state index >= 15 is 0 Å². The maximum atomic E-state index is 11.6. The molecule has 1 unspecified atom stereocenters. The Kier molecular flexibility index (Phi) is 6.62. The average Bonchev–Trinajstić information content (AvgIpc) is 2.40. The standard InChI is InChI=1S/C13H24N2O4/c1-3-4-9-19-13(17)15(18)11(2)10-14-8-6-5-7-12(14)16/h11,18H,3-10H2,1-2H3. The van der Waals surface area contributed by atoms with Crippen LogP contribution in [0.25, 0.3) is 0 Å². The second kappa shape index (κ2) is 7.99. The number of carbonyl (C=O) groups excluding carboxylic acids is 2. The van der Waals surface area contributed by atoms with Crippen LogP contribution >= 0.6 is 0 Å². The Balaban J connectivity index is 2.36. The van der Waals surface area contributed by atoms with E-state index in [1.807, 2.05) is 6.92 Å². The normalized spacial score (nSPS) is 17.2. The molecule has 1 N–H and O–H groups in total. The molecule has 19 heavy (non-hydrogen) atoms. The highest BCUT2D eigenvalue weighted by atomic mass is 16.6. The zero-order valence-corrected chi connectivity index (χ0v) is 11.8. The highest BCUT2D eigenvalue weighted by molar-refractivity contribution is 5.77. The number of nitrogens with zero attached hydrogens (tertiary/aromatic N) is 2. The number of hydrogen-bond acceptors (Lipinski definition) is 4. The molecule has 1 rings (SSSR count).